The molecule has 0 radical (unpaired) electrons. The minimum atomic E-state index is -2.11. The molecule has 5 heteroatoms. The molecule has 0 aliphatic carbocycles. The van der Waals surface area contributed by atoms with Crippen LogP contribution in [-0.2, 0) is 6.42 Å². The molecular weight excluding hydrogens is 1220 g/mol. The van der Waals surface area contributed by atoms with Crippen molar-refractivity contribution in [1.29, 1.82) is 0 Å². The zero-order chi connectivity index (χ0) is 60.8. The summed E-state index contributed by atoms with van der Waals surface area (Å²) in [6.07, 6.45) is 78.8. The van der Waals surface area contributed by atoms with Gasteiger partial charge in [0, 0.05) is 9.75 Å². The highest BCUT2D eigenvalue weighted by Gasteiger charge is 2.45. The minimum absolute atomic E-state index is 1.20. The third-order valence-corrected chi connectivity index (χ3v) is 29.8. The molecule has 2 aromatic heterocycles. The summed E-state index contributed by atoms with van der Waals surface area (Å²) in [6, 6.07) is 23.5. The van der Waals surface area contributed by atoms with Gasteiger partial charge in [0.05, 0.1) is 7.57 Å². The fourth-order valence-electron chi connectivity index (χ4n) is 14.7. The van der Waals surface area contributed by atoms with Gasteiger partial charge in [0.15, 0.2) is 0 Å². The molecule has 0 spiro atoms. The van der Waals surface area contributed by atoms with E-state index in [1.165, 1.54) is 405 Å². The van der Waals surface area contributed by atoms with Crippen molar-refractivity contribution in [3.63, 3.8) is 0 Å². The molecule has 0 bridgehead atoms. The first-order valence-electron chi connectivity index (χ1n) is 38.3. The lowest BCUT2D eigenvalue weighted by molar-refractivity contribution is 0.525. The van der Waals surface area contributed by atoms with Crippen LogP contribution in [0.5, 0.6) is 0 Å². The van der Waals surface area contributed by atoms with E-state index in [9.17, 15) is 0 Å². The van der Waals surface area contributed by atoms with Crippen molar-refractivity contribution in [1.82, 2.24) is 0 Å². The van der Waals surface area contributed by atoms with Gasteiger partial charge in [-0.1, -0.05) is 397 Å². The summed E-state index contributed by atoms with van der Waals surface area (Å²) in [7, 11) is -2.11. The molecule has 0 nitrogen and oxygen atoms in total. The Balaban J connectivity index is 1.15. The summed E-state index contributed by atoms with van der Waals surface area (Å²) in [5.74, 6) is 0. The first-order valence-corrected chi connectivity index (χ1v) is 43.9. The van der Waals surface area contributed by atoms with Gasteiger partial charge in [0.1, 0.15) is 8.07 Å². The second-order valence-corrected chi connectivity index (χ2v) is 36.8. The molecule has 0 unspecified atom stereocenters. The number of benzene rings is 2. The summed E-state index contributed by atoms with van der Waals surface area (Å²) < 4.78 is 2.65. The maximum atomic E-state index is 4.12. The Bertz CT molecular complexity index is 2190. The molecule has 0 atom stereocenters. The van der Waals surface area contributed by atoms with Crippen LogP contribution in [0, 0.1) is 6.92 Å². The van der Waals surface area contributed by atoms with Gasteiger partial charge in [-0.15, -0.1) is 22.7 Å². The number of fused-ring (bicyclic) bond motifs is 3. The Kier molecular flexibility index (Phi) is 43.7. The Morgan fingerprint density at radius 3 is 0.826 bits per heavy atom. The lowest BCUT2D eigenvalue weighted by atomic mass is 10.0. The van der Waals surface area contributed by atoms with E-state index in [1.807, 2.05) is 22.7 Å². The van der Waals surface area contributed by atoms with Crippen LogP contribution in [0.1, 0.15) is 379 Å². The Labute approximate surface area is 560 Å². The van der Waals surface area contributed by atoms with E-state index in [4.69, 9.17) is 0 Å². The van der Waals surface area contributed by atoms with Crippen molar-refractivity contribution in [3.8, 4) is 32.0 Å². The van der Waals surface area contributed by atoms with E-state index in [1.54, 1.807) is 21.5 Å². The quantitative estimate of drug-likeness (QED) is 0.0305. The van der Waals surface area contributed by atoms with Gasteiger partial charge < -0.3 is 0 Å². The molecular formula is C81H134Br2S2Si. The standard InChI is InChI=1S/C81H134Br2S2Si/c1-5-8-11-14-17-20-23-26-29-32-35-38-41-44-47-50-53-56-59-73-67-77(85-81(73)83)72-61-63-75-74-62-60-71(76-66-70(4)80(82)84-76)68-78(74)86(79(75)69-72,64-57-54-51-48-45-42-39-36-33-30-27-24-21-18-15-12-9-6-2)65-58-55-52-49-46-43-40-37-34-31-28-25-22-19-16-13-10-7-3/h60-63,66-69H,5-59,64-65H2,1-4H3. The molecule has 86 heavy (non-hydrogen) atoms. The summed E-state index contributed by atoms with van der Waals surface area (Å²) in [5, 5.41) is 3.55. The van der Waals surface area contributed by atoms with Crippen molar-refractivity contribution < 1.29 is 0 Å². The van der Waals surface area contributed by atoms with E-state index in [2.05, 4.69) is 108 Å². The van der Waals surface area contributed by atoms with Gasteiger partial charge in [0.2, 0.25) is 0 Å². The van der Waals surface area contributed by atoms with Gasteiger partial charge in [-0.05, 0) is 120 Å². The molecule has 4 aromatic rings. The topological polar surface area (TPSA) is 0 Å². The summed E-state index contributed by atoms with van der Waals surface area (Å²) in [5.41, 5.74) is 8.95. The highest BCUT2D eigenvalue weighted by molar-refractivity contribution is 9.11. The Hall–Kier alpha value is -0.983. The maximum Gasteiger partial charge on any atom is 0.119 e. The van der Waals surface area contributed by atoms with Crippen LogP contribution >= 0.6 is 54.5 Å². The molecule has 0 saturated carbocycles. The fraction of sp³-hybridized carbons (Fsp3) is 0.753. The molecule has 0 amide bonds. The molecule has 1 aliphatic rings. The third kappa shape index (κ3) is 30.6. The molecule has 0 fully saturated rings. The first-order chi connectivity index (χ1) is 42.4. The van der Waals surface area contributed by atoms with Crippen molar-refractivity contribution in [2.45, 2.75) is 393 Å². The molecule has 3 heterocycles. The Morgan fingerprint density at radius 1 is 0.291 bits per heavy atom. The second kappa shape index (κ2) is 49.6. The number of aryl methyl sites for hydroxylation is 2. The summed E-state index contributed by atoms with van der Waals surface area (Å²) in [4.78, 5) is 2.89. The number of hydrogen-bond donors (Lipinski definition) is 0. The Morgan fingerprint density at radius 2 is 0.547 bits per heavy atom. The minimum Gasteiger partial charge on any atom is -0.128 e. The van der Waals surface area contributed by atoms with Crippen molar-refractivity contribution in [3.05, 3.63) is 67.2 Å². The highest BCUT2D eigenvalue weighted by atomic mass is 79.9. The average Bonchev–Trinajstić information content (AvgIpc) is 1.60. The van der Waals surface area contributed by atoms with Crippen LogP contribution < -0.4 is 10.4 Å². The second-order valence-electron chi connectivity index (χ2n) is 27.9. The SMILES string of the molecule is CCCCCCCCCCCCCCCCCCCCc1cc(-c2ccc3c(c2)[Si](CCCCCCCCCCCCCCCCCCCC)(CCCCCCCCCCCCCCCCCCCC)c2cc(-c4cc(C)c(Br)s4)ccc2-3)sc1Br. The molecule has 2 aromatic carbocycles. The van der Waals surface area contributed by atoms with Gasteiger partial charge >= 0.3 is 0 Å². The smallest absolute Gasteiger partial charge is 0.119 e. The summed E-state index contributed by atoms with van der Waals surface area (Å²) >= 11 is 12.0. The number of rotatable bonds is 59. The van der Waals surface area contributed by atoms with Crippen molar-refractivity contribution in [2.24, 2.45) is 0 Å². The first kappa shape index (κ1) is 75.7. The molecule has 488 valence electrons. The highest BCUT2D eigenvalue weighted by Crippen LogP contribution is 2.43. The van der Waals surface area contributed by atoms with Crippen LogP contribution in [0.2, 0.25) is 12.1 Å². The lowest BCUT2D eigenvalue weighted by Crippen LogP contribution is -2.55. The molecule has 0 N–H and O–H groups in total. The van der Waals surface area contributed by atoms with Gasteiger partial charge in [-0.3, -0.25) is 0 Å². The van der Waals surface area contributed by atoms with Crippen LogP contribution in [0.4, 0.5) is 0 Å². The van der Waals surface area contributed by atoms with Crippen LogP contribution in [-0.4, -0.2) is 8.07 Å². The number of hydrogen-bond acceptors (Lipinski definition) is 2. The van der Waals surface area contributed by atoms with E-state index in [0.717, 1.165) is 0 Å². The normalized spacial score (nSPS) is 12.7. The third-order valence-electron chi connectivity index (χ3n) is 20.3. The average molecular weight is 1360 g/mol. The van der Waals surface area contributed by atoms with Gasteiger partial charge in [-0.2, -0.15) is 0 Å². The van der Waals surface area contributed by atoms with Gasteiger partial charge in [-0.25, -0.2) is 0 Å². The summed E-state index contributed by atoms with van der Waals surface area (Å²) in [6.45, 7) is 9.23. The lowest BCUT2D eigenvalue weighted by Gasteiger charge is -2.31. The predicted octanol–water partition coefficient (Wildman–Crippen LogP) is 30.2. The van der Waals surface area contributed by atoms with Crippen molar-refractivity contribution >= 4 is 73.0 Å². The van der Waals surface area contributed by atoms with Crippen molar-refractivity contribution in [2.75, 3.05) is 0 Å². The van der Waals surface area contributed by atoms with Crippen LogP contribution in [0.15, 0.2) is 56.1 Å². The maximum absolute atomic E-state index is 4.12. The predicted molar refractivity (Wildman–Crippen MR) is 403 cm³/mol. The van der Waals surface area contributed by atoms with E-state index in [-0.39, 0.29) is 0 Å². The number of unbranched alkanes of at least 4 members (excludes halogenated alkanes) is 51. The largest absolute Gasteiger partial charge is 0.128 e. The zero-order valence-corrected chi connectivity index (χ0v) is 62.8. The molecule has 1 aliphatic heterocycles. The van der Waals surface area contributed by atoms with E-state index >= 15 is 0 Å². The van der Waals surface area contributed by atoms with Crippen LogP contribution in [0.3, 0.4) is 0 Å². The zero-order valence-electron chi connectivity index (χ0n) is 57.0. The molecule has 0 saturated heterocycles. The monoisotopic (exact) mass is 1360 g/mol. The number of halogens is 2. The van der Waals surface area contributed by atoms with E-state index in [0.29, 0.717) is 0 Å². The fourth-order valence-corrected chi connectivity index (χ4v) is 23.6. The van der Waals surface area contributed by atoms with Gasteiger partial charge in [0.25, 0.3) is 0 Å². The van der Waals surface area contributed by atoms with Crippen LogP contribution in [0.25, 0.3) is 32.0 Å². The number of thiophene rings is 2. The van der Waals surface area contributed by atoms with E-state index < -0.39 is 8.07 Å². The molecule has 5 rings (SSSR count).